The second-order valence-corrected chi connectivity index (χ2v) is 5.05. The number of aryl methyl sites for hydroxylation is 2. The van der Waals surface area contributed by atoms with Gasteiger partial charge in [-0.2, -0.15) is 0 Å². The van der Waals surface area contributed by atoms with Gasteiger partial charge >= 0.3 is 5.97 Å². The van der Waals surface area contributed by atoms with Crippen LogP contribution < -0.4 is 0 Å². The SMILES string of the molecule is Cc1nc(C2CC2C)nc(C)c1C(C)C(=O)O. The maximum absolute atomic E-state index is 11.0. The zero-order valence-electron chi connectivity index (χ0n) is 10.7. The van der Waals surface area contributed by atoms with Crippen molar-refractivity contribution in [3.63, 3.8) is 0 Å². The number of nitrogens with zero attached hydrogens (tertiary/aromatic N) is 2. The molecule has 3 unspecified atom stereocenters. The topological polar surface area (TPSA) is 63.1 Å². The third kappa shape index (κ3) is 2.16. The predicted molar refractivity (Wildman–Crippen MR) is 64.1 cm³/mol. The van der Waals surface area contributed by atoms with Crippen molar-refractivity contribution in [2.45, 2.75) is 46.0 Å². The Morgan fingerprint density at radius 2 is 1.82 bits per heavy atom. The summed E-state index contributed by atoms with van der Waals surface area (Å²) >= 11 is 0. The van der Waals surface area contributed by atoms with Crippen molar-refractivity contribution in [3.05, 3.63) is 22.8 Å². The third-order valence-corrected chi connectivity index (χ3v) is 3.59. The first-order valence-electron chi connectivity index (χ1n) is 5.99. The summed E-state index contributed by atoms with van der Waals surface area (Å²) in [5.41, 5.74) is 2.37. The van der Waals surface area contributed by atoms with Crippen molar-refractivity contribution >= 4 is 5.97 Å². The lowest BCUT2D eigenvalue weighted by atomic mass is 9.98. The molecule has 1 fully saturated rings. The van der Waals surface area contributed by atoms with E-state index in [2.05, 4.69) is 16.9 Å². The van der Waals surface area contributed by atoms with Crippen LogP contribution in [0.4, 0.5) is 0 Å². The number of aromatic nitrogens is 2. The van der Waals surface area contributed by atoms with E-state index in [9.17, 15) is 4.79 Å². The fourth-order valence-corrected chi connectivity index (χ4v) is 2.35. The van der Waals surface area contributed by atoms with Crippen molar-refractivity contribution in [1.82, 2.24) is 9.97 Å². The van der Waals surface area contributed by atoms with E-state index in [1.807, 2.05) is 13.8 Å². The summed E-state index contributed by atoms with van der Waals surface area (Å²) in [6, 6.07) is 0. The van der Waals surface area contributed by atoms with Gasteiger partial charge in [-0.05, 0) is 33.1 Å². The fourth-order valence-electron chi connectivity index (χ4n) is 2.35. The first-order chi connectivity index (χ1) is 7.91. The molecule has 0 radical (unpaired) electrons. The normalized spacial score (nSPS) is 24.5. The molecule has 0 bridgehead atoms. The van der Waals surface area contributed by atoms with E-state index in [4.69, 9.17) is 5.11 Å². The van der Waals surface area contributed by atoms with Crippen molar-refractivity contribution in [2.24, 2.45) is 5.92 Å². The van der Waals surface area contributed by atoms with Crippen LogP contribution in [0.2, 0.25) is 0 Å². The molecule has 1 aliphatic carbocycles. The Hall–Kier alpha value is -1.45. The van der Waals surface area contributed by atoms with E-state index >= 15 is 0 Å². The van der Waals surface area contributed by atoms with Gasteiger partial charge in [-0.3, -0.25) is 4.79 Å². The van der Waals surface area contributed by atoms with Crippen molar-refractivity contribution in [2.75, 3.05) is 0 Å². The minimum atomic E-state index is -0.827. The highest BCUT2D eigenvalue weighted by atomic mass is 16.4. The average molecular weight is 234 g/mol. The van der Waals surface area contributed by atoms with Crippen LogP contribution >= 0.6 is 0 Å². The van der Waals surface area contributed by atoms with Crippen LogP contribution in [0.3, 0.4) is 0 Å². The molecule has 0 amide bonds. The lowest BCUT2D eigenvalue weighted by molar-refractivity contribution is -0.138. The summed E-state index contributed by atoms with van der Waals surface area (Å²) in [6.45, 7) is 7.62. The molecule has 0 aromatic carbocycles. The van der Waals surface area contributed by atoms with Gasteiger partial charge in [-0.25, -0.2) is 9.97 Å². The van der Waals surface area contributed by atoms with E-state index in [0.29, 0.717) is 11.8 Å². The minimum Gasteiger partial charge on any atom is -0.481 e. The maximum atomic E-state index is 11.0. The first-order valence-corrected chi connectivity index (χ1v) is 5.99. The number of carboxylic acid groups (broad SMARTS) is 1. The number of aliphatic carboxylic acids is 1. The molecule has 2 rings (SSSR count). The smallest absolute Gasteiger partial charge is 0.310 e. The van der Waals surface area contributed by atoms with E-state index < -0.39 is 11.9 Å². The van der Waals surface area contributed by atoms with Crippen LogP contribution in [-0.2, 0) is 4.79 Å². The minimum absolute atomic E-state index is 0.474. The Morgan fingerprint density at radius 1 is 1.35 bits per heavy atom. The Morgan fingerprint density at radius 3 is 2.18 bits per heavy atom. The van der Waals surface area contributed by atoms with Crippen molar-refractivity contribution in [1.29, 1.82) is 0 Å². The number of carboxylic acids is 1. The summed E-state index contributed by atoms with van der Waals surface area (Å²) in [6.07, 6.45) is 1.15. The van der Waals surface area contributed by atoms with Crippen molar-refractivity contribution < 1.29 is 9.90 Å². The standard InChI is InChI=1S/C13H18N2O2/c1-6-5-10(6)12-14-8(3)11(9(4)15-12)7(2)13(16)17/h6-7,10H,5H2,1-4H3,(H,16,17). The lowest BCUT2D eigenvalue weighted by Gasteiger charge is -2.13. The largest absolute Gasteiger partial charge is 0.481 e. The molecule has 1 aliphatic rings. The molecular weight excluding hydrogens is 216 g/mol. The summed E-state index contributed by atoms with van der Waals surface area (Å²) in [5.74, 6) is 0.653. The van der Waals surface area contributed by atoms with Crippen LogP contribution in [0, 0.1) is 19.8 Å². The van der Waals surface area contributed by atoms with Gasteiger partial charge in [0.2, 0.25) is 0 Å². The van der Waals surface area contributed by atoms with Gasteiger partial charge < -0.3 is 5.11 Å². The Bertz CT molecular complexity index is 447. The molecule has 1 heterocycles. The van der Waals surface area contributed by atoms with Crippen molar-refractivity contribution in [3.8, 4) is 0 Å². The molecule has 1 aromatic heterocycles. The van der Waals surface area contributed by atoms with Gasteiger partial charge in [0.15, 0.2) is 0 Å². The van der Waals surface area contributed by atoms with E-state index in [1.54, 1.807) is 6.92 Å². The molecule has 1 aromatic rings. The molecule has 4 nitrogen and oxygen atoms in total. The maximum Gasteiger partial charge on any atom is 0.310 e. The molecule has 4 heteroatoms. The Labute approximate surface area is 101 Å². The second-order valence-electron chi connectivity index (χ2n) is 5.05. The van der Waals surface area contributed by atoms with Crippen LogP contribution in [0.1, 0.15) is 54.9 Å². The summed E-state index contributed by atoms with van der Waals surface area (Å²) < 4.78 is 0. The lowest BCUT2D eigenvalue weighted by Crippen LogP contribution is -2.14. The molecule has 0 saturated heterocycles. The van der Waals surface area contributed by atoms with Gasteiger partial charge in [0.25, 0.3) is 0 Å². The molecule has 1 saturated carbocycles. The fraction of sp³-hybridized carbons (Fsp3) is 0.615. The van der Waals surface area contributed by atoms with E-state index in [0.717, 1.165) is 29.2 Å². The predicted octanol–water partition coefficient (Wildman–Crippen LogP) is 2.40. The highest BCUT2D eigenvalue weighted by molar-refractivity contribution is 5.76. The van der Waals surface area contributed by atoms with Crippen LogP contribution in [0.5, 0.6) is 0 Å². The molecule has 0 spiro atoms. The molecular formula is C13H18N2O2. The summed E-state index contributed by atoms with van der Waals surface area (Å²) in [5, 5.41) is 9.06. The zero-order chi connectivity index (χ0) is 12.7. The Balaban J connectivity index is 2.39. The summed E-state index contributed by atoms with van der Waals surface area (Å²) in [4.78, 5) is 20.0. The zero-order valence-corrected chi connectivity index (χ0v) is 10.7. The number of rotatable bonds is 3. The third-order valence-electron chi connectivity index (χ3n) is 3.59. The monoisotopic (exact) mass is 234 g/mol. The average Bonchev–Trinajstić information content (AvgIpc) is 2.94. The van der Waals surface area contributed by atoms with E-state index in [1.165, 1.54) is 0 Å². The Kier molecular flexibility index (Phi) is 2.89. The van der Waals surface area contributed by atoms with Gasteiger partial charge in [0.1, 0.15) is 5.82 Å². The summed E-state index contributed by atoms with van der Waals surface area (Å²) in [7, 11) is 0. The van der Waals surface area contributed by atoms with Gasteiger partial charge in [0.05, 0.1) is 5.92 Å². The van der Waals surface area contributed by atoms with Gasteiger partial charge in [0, 0.05) is 22.9 Å². The number of hydrogen-bond acceptors (Lipinski definition) is 3. The second kappa shape index (κ2) is 4.09. The quantitative estimate of drug-likeness (QED) is 0.872. The van der Waals surface area contributed by atoms with Crippen LogP contribution in [0.15, 0.2) is 0 Å². The van der Waals surface area contributed by atoms with Gasteiger partial charge in [-0.15, -0.1) is 0 Å². The first kappa shape index (κ1) is 12.0. The number of carbonyl (C=O) groups is 1. The highest BCUT2D eigenvalue weighted by Crippen LogP contribution is 2.45. The molecule has 92 valence electrons. The van der Waals surface area contributed by atoms with Gasteiger partial charge in [-0.1, -0.05) is 6.92 Å². The van der Waals surface area contributed by atoms with Crippen LogP contribution in [-0.4, -0.2) is 21.0 Å². The van der Waals surface area contributed by atoms with E-state index in [-0.39, 0.29) is 0 Å². The molecule has 17 heavy (non-hydrogen) atoms. The molecule has 1 N–H and O–H groups in total. The van der Waals surface area contributed by atoms with Crippen LogP contribution in [0.25, 0.3) is 0 Å². The molecule has 3 atom stereocenters. The highest BCUT2D eigenvalue weighted by Gasteiger charge is 2.37. The number of hydrogen-bond donors (Lipinski definition) is 1. The molecule has 0 aliphatic heterocycles.